The number of carbonyl (C=O) groups excluding carboxylic acids is 1. The monoisotopic (exact) mass is 331 g/mol. The van der Waals surface area contributed by atoms with Gasteiger partial charge in [-0.15, -0.1) is 0 Å². The normalized spacial score (nSPS) is 19.7. The van der Waals surface area contributed by atoms with Crippen molar-refractivity contribution in [3.05, 3.63) is 50.2 Å². The van der Waals surface area contributed by atoms with Gasteiger partial charge in [0.1, 0.15) is 0 Å². The molecule has 0 radical (unpaired) electrons. The molecule has 0 saturated carbocycles. The maximum Gasteiger partial charge on any atom is 0.251 e. The lowest BCUT2D eigenvalue weighted by Gasteiger charge is -2.27. The van der Waals surface area contributed by atoms with Crippen LogP contribution in [0.4, 0.5) is 5.69 Å². The van der Waals surface area contributed by atoms with Crippen LogP contribution in [0.15, 0.2) is 28.4 Å². The molecular weight excluding hydrogens is 314 g/mol. The van der Waals surface area contributed by atoms with Gasteiger partial charge in [-0.1, -0.05) is 10.2 Å². The lowest BCUT2D eigenvalue weighted by Crippen LogP contribution is -2.42. The van der Waals surface area contributed by atoms with E-state index in [1.165, 1.54) is 6.07 Å². The number of benzene rings is 1. The van der Waals surface area contributed by atoms with E-state index in [4.69, 9.17) is 20.5 Å². The first kappa shape index (κ1) is 17.6. The molecule has 0 spiro atoms. The Balaban J connectivity index is 2.05. The van der Waals surface area contributed by atoms with E-state index in [2.05, 4.69) is 25.4 Å². The molecule has 2 unspecified atom stereocenters. The quantitative estimate of drug-likeness (QED) is 0.485. The standard InChI is InChI=1S/C14H17N7O3/c1-9-7-24-13(8-23-9)6-17-14(22)11-2-10(5-18-20-15)3-12(4-11)19-21-16/h2-4,9,13H,5-8H2,1H3,(H,17,22). The number of hydrogen-bond acceptors (Lipinski definition) is 5. The van der Waals surface area contributed by atoms with Crippen molar-refractivity contribution < 1.29 is 14.3 Å². The van der Waals surface area contributed by atoms with E-state index in [0.717, 1.165) is 0 Å². The second-order valence-electron chi connectivity index (χ2n) is 5.28. The van der Waals surface area contributed by atoms with E-state index in [1.807, 2.05) is 6.92 Å². The van der Waals surface area contributed by atoms with E-state index >= 15 is 0 Å². The lowest BCUT2D eigenvalue weighted by molar-refractivity contribution is -0.123. The highest BCUT2D eigenvalue weighted by atomic mass is 16.6. The zero-order chi connectivity index (χ0) is 17.4. The summed E-state index contributed by atoms with van der Waals surface area (Å²) in [5, 5.41) is 9.70. The predicted octanol–water partition coefficient (Wildman–Crippen LogP) is 2.97. The number of azide groups is 2. The molecule has 0 aromatic heterocycles. The van der Waals surface area contributed by atoms with Crippen molar-refractivity contribution in [1.29, 1.82) is 0 Å². The van der Waals surface area contributed by atoms with E-state index in [1.54, 1.807) is 12.1 Å². The van der Waals surface area contributed by atoms with Gasteiger partial charge in [0.05, 0.1) is 32.0 Å². The molecule has 2 rings (SSSR count). The summed E-state index contributed by atoms with van der Waals surface area (Å²) in [5.41, 5.74) is 18.1. The molecule has 1 N–H and O–H groups in total. The fourth-order valence-electron chi connectivity index (χ4n) is 2.18. The molecule has 0 aliphatic carbocycles. The maximum atomic E-state index is 12.3. The summed E-state index contributed by atoms with van der Waals surface area (Å²) in [6.07, 6.45) is -0.145. The first-order valence-electron chi connectivity index (χ1n) is 7.33. The SMILES string of the molecule is CC1COC(CNC(=O)c2cc(CN=[N+]=[N-])cc(N=[N+]=[N-])c2)CO1. The molecule has 1 amide bonds. The third kappa shape index (κ3) is 5.15. The molecule has 1 aromatic carbocycles. The van der Waals surface area contributed by atoms with Crippen molar-refractivity contribution in [1.82, 2.24) is 5.32 Å². The van der Waals surface area contributed by atoms with Crippen molar-refractivity contribution in [2.45, 2.75) is 25.7 Å². The van der Waals surface area contributed by atoms with Gasteiger partial charge in [0.15, 0.2) is 0 Å². The van der Waals surface area contributed by atoms with Crippen molar-refractivity contribution in [2.24, 2.45) is 10.2 Å². The Morgan fingerprint density at radius 2 is 2.12 bits per heavy atom. The lowest BCUT2D eigenvalue weighted by atomic mass is 10.1. The van der Waals surface area contributed by atoms with E-state index in [9.17, 15) is 4.79 Å². The Labute approximate surface area is 138 Å². The van der Waals surface area contributed by atoms with Crippen LogP contribution in [0.3, 0.4) is 0 Å². The number of rotatable bonds is 6. The van der Waals surface area contributed by atoms with Crippen LogP contribution in [-0.2, 0) is 16.0 Å². The summed E-state index contributed by atoms with van der Waals surface area (Å²) in [6.45, 7) is 3.19. The summed E-state index contributed by atoms with van der Waals surface area (Å²) in [6, 6.07) is 4.61. The highest BCUT2D eigenvalue weighted by Crippen LogP contribution is 2.19. The second kappa shape index (κ2) is 8.76. The van der Waals surface area contributed by atoms with Gasteiger partial charge in [-0.2, -0.15) is 0 Å². The Bertz CT molecular complexity index is 688. The second-order valence-corrected chi connectivity index (χ2v) is 5.28. The number of nitrogens with zero attached hydrogens (tertiary/aromatic N) is 6. The van der Waals surface area contributed by atoms with Crippen LogP contribution in [-0.4, -0.2) is 37.9 Å². The van der Waals surface area contributed by atoms with Crippen LogP contribution in [0.25, 0.3) is 20.9 Å². The maximum absolute atomic E-state index is 12.3. The van der Waals surface area contributed by atoms with E-state index in [0.29, 0.717) is 30.9 Å². The van der Waals surface area contributed by atoms with Crippen LogP contribution < -0.4 is 5.32 Å². The summed E-state index contributed by atoms with van der Waals surface area (Å²) < 4.78 is 11.0. The molecule has 10 heteroatoms. The minimum atomic E-state index is -0.339. The number of amides is 1. The Morgan fingerprint density at radius 1 is 1.29 bits per heavy atom. The van der Waals surface area contributed by atoms with Crippen LogP contribution in [0.1, 0.15) is 22.8 Å². The Morgan fingerprint density at radius 3 is 2.79 bits per heavy atom. The Kier molecular flexibility index (Phi) is 6.41. The summed E-state index contributed by atoms with van der Waals surface area (Å²) in [7, 11) is 0. The first-order valence-corrected chi connectivity index (χ1v) is 7.33. The minimum absolute atomic E-state index is 0.0562. The van der Waals surface area contributed by atoms with E-state index < -0.39 is 0 Å². The van der Waals surface area contributed by atoms with Gasteiger partial charge in [0.2, 0.25) is 0 Å². The molecule has 24 heavy (non-hydrogen) atoms. The number of carbonyl (C=O) groups is 1. The molecule has 1 saturated heterocycles. The molecule has 10 nitrogen and oxygen atoms in total. The topological polar surface area (TPSA) is 145 Å². The fraction of sp³-hybridized carbons (Fsp3) is 0.500. The smallest absolute Gasteiger partial charge is 0.251 e. The van der Waals surface area contributed by atoms with Crippen molar-refractivity contribution in [2.75, 3.05) is 19.8 Å². The summed E-state index contributed by atoms with van der Waals surface area (Å²) in [4.78, 5) is 17.7. The average molecular weight is 331 g/mol. The first-order chi connectivity index (χ1) is 11.6. The van der Waals surface area contributed by atoms with Crippen molar-refractivity contribution in [3.63, 3.8) is 0 Å². The van der Waals surface area contributed by atoms with Crippen LogP contribution in [0, 0.1) is 0 Å². The molecular formula is C14H17N7O3. The zero-order valence-electron chi connectivity index (χ0n) is 13.1. The molecule has 126 valence electrons. The molecule has 1 fully saturated rings. The van der Waals surface area contributed by atoms with Gasteiger partial charge < -0.3 is 14.8 Å². The van der Waals surface area contributed by atoms with Crippen molar-refractivity contribution >= 4 is 11.6 Å². The van der Waals surface area contributed by atoms with Gasteiger partial charge >= 0.3 is 0 Å². The third-order valence-corrected chi connectivity index (χ3v) is 3.34. The van der Waals surface area contributed by atoms with Gasteiger partial charge in [0.25, 0.3) is 5.91 Å². The zero-order valence-corrected chi connectivity index (χ0v) is 13.1. The largest absolute Gasteiger partial charge is 0.373 e. The average Bonchev–Trinajstić information content (AvgIpc) is 2.59. The van der Waals surface area contributed by atoms with E-state index in [-0.39, 0.29) is 30.3 Å². The molecule has 1 heterocycles. The summed E-state index contributed by atoms with van der Waals surface area (Å²) in [5.74, 6) is -0.339. The highest BCUT2D eigenvalue weighted by Gasteiger charge is 2.20. The summed E-state index contributed by atoms with van der Waals surface area (Å²) >= 11 is 0. The number of ether oxygens (including phenoxy) is 2. The van der Waals surface area contributed by atoms with Gasteiger partial charge in [0, 0.05) is 27.6 Å². The number of hydrogen-bond donors (Lipinski definition) is 1. The number of nitrogens with one attached hydrogen (secondary N) is 1. The molecule has 0 bridgehead atoms. The molecule has 2 atom stereocenters. The van der Waals surface area contributed by atoms with Crippen LogP contribution >= 0.6 is 0 Å². The highest BCUT2D eigenvalue weighted by molar-refractivity contribution is 5.95. The predicted molar refractivity (Wildman–Crippen MR) is 85.6 cm³/mol. The Hall–Kier alpha value is -2.77. The molecule has 1 aromatic rings. The van der Waals surface area contributed by atoms with Crippen LogP contribution in [0.5, 0.6) is 0 Å². The van der Waals surface area contributed by atoms with Crippen molar-refractivity contribution in [3.8, 4) is 0 Å². The van der Waals surface area contributed by atoms with Crippen LogP contribution in [0.2, 0.25) is 0 Å². The fourth-order valence-corrected chi connectivity index (χ4v) is 2.18. The molecule has 1 aliphatic rings. The molecule has 1 aliphatic heterocycles. The third-order valence-electron chi connectivity index (χ3n) is 3.34. The minimum Gasteiger partial charge on any atom is -0.373 e. The van der Waals surface area contributed by atoms with Gasteiger partial charge in [-0.3, -0.25) is 4.79 Å². The van der Waals surface area contributed by atoms with Gasteiger partial charge in [-0.05, 0) is 41.7 Å². The van der Waals surface area contributed by atoms with Gasteiger partial charge in [-0.25, -0.2) is 0 Å².